The molecule has 0 aliphatic heterocycles. The van der Waals surface area contributed by atoms with Gasteiger partial charge < -0.3 is 14.9 Å². The number of nitrogens with zero attached hydrogens (tertiary/aromatic N) is 4. The highest BCUT2D eigenvalue weighted by atomic mass is 19.1. The Morgan fingerprint density at radius 3 is 2.55 bits per heavy atom. The number of benzene rings is 3. The van der Waals surface area contributed by atoms with Crippen LogP contribution in [0.25, 0.3) is 28.0 Å². The number of rotatable bonds is 5. The molecule has 0 atom stereocenters. The second-order valence-corrected chi connectivity index (χ2v) is 7.14. The number of halogens is 1. The lowest BCUT2D eigenvalue weighted by atomic mass is 10.1. The molecule has 0 aliphatic carbocycles. The molecule has 8 nitrogen and oxygen atoms in total. The van der Waals surface area contributed by atoms with Gasteiger partial charge in [0, 0.05) is 11.5 Å². The Bertz CT molecular complexity index is 1500. The Morgan fingerprint density at radius 2 is 1.79 bits per heavy atom. The van der Waals surface area contributed by atoms with Crippen LogP contribution in [0.3, 0.4) is 0 Å². The van der Waals surface area contributed by atoms with Crippen LogP contribution in [0, 0.1) is 5.82 Å². The summed E-state index contributed by atoms with van der Waals surface area (Å²) in [6.07, 6.45) is 1.61. The summed E-state index contributed by atoms with van der Waals surface area (Å²) in [7, 11) is 0. The monoisotopic (exact) mass is 442 g/mol. The molecule has 0 bridgehead atoms. The lowest BCUT2D eigenvalue weighted by molar-refractivity contribution is 0.0697. The number of aromatic hydroxyl groups is 1. The average Bonchev–Trinajstić information content (AvgIpc) is 3.31. The summed E-state index contributed by atoms with van der Waals surface area (Å²) in [6.45, 7) is 0. The average molecular weight is 442 g/mol. The van der Waals surface area contributed by atoms with Gasteiger partial charge >= 0.3 is 5.97 Å². The van der Waals surface area contributed by atoms with E-state index in [0.29, 0.717) is 34.1 Å². The van der Waals surface area contributed by atoms with Gasteiger partial charge in [-0.2, -0.15) is 0 Å². The topological polar surface area (TPSA) is 110 Å². The Hall–Kier alpha value is -4.79. The molecule has 0 radical (unpaired) electrons. The van der Waals surface area contributed by atoms with E-state index in [-0.39, 0.29) is 5.56 Å². The van der Waals surface area contributed by atoms with Gasteiger partial charge in [-0.05, 0) is 48.5 Å². The Labute approximate surface area is 186 Å². The summed E-state index contributed by atoms with van der Waals surface area (Å²) in [5.74, 6) is -1.25. The summed E-state index contributed by atoms with van der Waals surface area (Å²) in [5.41, 5.74) is 2.15. The number of pyridine rings is 1. The van der Waals surface area contributed by atoms with Gasteiger partial charge in [0.05, 0.1) is 23.1 Å². The molecule has 9 heteroatoms. The fourth-order valence-electron chi connectivity index (χ4n) is 3.28. The van der Waals surface area contributed by atoms with Gasteiger partial charge in [-0.15, -0.1) is 5.10 Å². The number of carboxylic acid groups (broad SMARTS) is 1. The molecule has 33 heavy (non-hydrogen) atoms. The predicted octanol–water partition coefficient (Wildman–Crippen LogP) is 4.82. The molecule has 5 rings (SSSR count). The zero-order valence-corrected chi connectivity index (χ0v) is 16.9. The maximum atomic E-state index is 13.7. The van der Waals surface area contributed by atoms with Crippen molar-refractivity contribution in [3.05, 3.63) is 90.4 Å². The first-order valence-corrected chi connectivity index (χ1v) is 9.80. The molecule has 0 spiro atoms. The SMILES string of the molecule is O=C(O)c1ccc(Oc2cccc3ccc(-c4cn(-c5ccc(O)c(F)c5)nn4)nc23)cc1. The van der Waals surface area contributed by atoms with E-state index in [1.165, 1.54) is 28.9 Å². The van der Waals surface area contributed by atoms with E-state index >= 15 is 0 Å². The van der Waals surface area contributed by atoms with Crippen LogP contribution in [0.1, 0.15) is 10.4 Å². The predicted molar refractivity (Wildman–Crippen MR) is 117 cm³/mol. The number of hydrogen-bond donors (Lipinski definition) is 2. The van der Waals surface area contributed by atoms with E-state index < -0.39 is 17.5 Å². The fourth-order valence-corrected chi connectivity index (χ4v) is 3.28. The van der Waals surface area contributed by atoms with Gasteiger partial charge in [0.2, 0.25) is 0 Å². The van der Waals surface area contributed by atoms with E-state index in [1.807, 2.05) is 18.2 Å². The molecule has 0 saturated heterocycles. The van der Waals surface area contributed by atoms with Crippen molar-refractivity contribution in [1.29, 1.82) is 0 Å². The van der Waals surface area contributed by atoms with Crippen molar-refractivity contribution in [3.63, 3.8) is 0 Å². The first-order valence-electron chi connectivity index (χ1n) is 9.80. The minimum Gasteiger partial charge on any atom is -0.505 e. The molecular weight excluding hydrogens is 427 g/mol. The third-order valence-electron chi connectivity index (χ3n) is 4.96. The van der Waals surface area contributed by atoms with Gasteiger partial charge in [-0.25, -0.2) is 18.9 Å². The highest BCUT2D eigenvalue weighted by Crippen LogP contribution is 2.31. The number of fused-ring (bicyclic) bond motifs is 1. The second-order valence-electron chi connectivity index (χ2n) is 7.14. The summed E-state index contributed by atoms with van der Waals surface area (Å²) < 4.78 is 21.0. The van der Waals surface area contributed by atoms with E-state index in [0.717, 1.165) is 11.5 Å². The summed E-state index contributed by atoms with van der Waals surface area (Å²) in [4.78, 5) is 15.7. The molecule has 2 aromatic heterocycles. The van der Waals surface area contributed by atoms with Crippen LogP contribution in [0.5, 0.6) is 17.2 Å². The van der Waals surface area contributed by atoms with Crippen LogP contribution in [0.4, 0.5) is 4.39 Å². The van der Waals surface area contributed by atoms with E-state index in [2.05, 4.69) is 15.3 Å². The van der Waals surface area contributed by atoms with E-state index in [4.69, 9.17) is 9.84 Å². The minimum absolute atomic E-state index is 0.164. The van der Waals surface area contributed by atoms with Crippen molar-refractivity contribution in [2.45, 2.75) is 0 Å². The molecule has 3 aromatic carbocycles. The number of phenolic OH excluding ortho intramolecular Hbond substituents is 1. The van der Waals surface area contributed by atoms with Crippen molar-refractivity contribution >= 4 is 16.9 Å². The van der Waals surface area contributed by atoms with Gasteiger partial charge in [0.15, 0.2) is 17.3 Å². The van der Waals surface area contributed by atoms with E-state index in [1.54, 1.807) is 30.5 Å². The first kappa shape index (κ1) is 20.1. The van der Waals surface area contributed by atoms with E-state index in [9.17, 15) is 14.3 Å². The summed E-state index contributed by atoms with van der Waals surface area (Å²) in [5, 5.41) is 27.4. The first-order chi connectivity index (χ1) is 16.0. The molecule has 0 unspecified atom stereocenters. The number of hydrogen-bond acceptors (Lipinski definition) is 6. The molecule has 2 N–H and O–H groups in total. The largest absolute Gasteiger partial charge is 0.505 e. The molecule has 0 fully saturated rings. The number of carbonyl (C=O) groups is 1. The van der Waals surface area contributed by atoms with Crippen molar-refractivity contribution in [3.8, 4) is 34.3 Å². The van der Waals surface area contributed by atoms with Crippen LogP contribution >= 0.6 is 0 Å². The molecule has 5 aromatic rings. The number of carboxylic acids is 1. The third kappa shape index (κ3) is 3.94. The zero-order valence-electron chi connectivity index (χ0n) is 16.9. The van der Waals surface area contributed by atoms with Gasteiger partial charge in [-0.3, -0.25) is 0 Å². The minimum atomic E-state index is -1.01. The van der Waals surface area contributed by atoms with Crippen molar-refractivity contribution < 1.29 is 24.1 Å². The van der Waals surface area contributed by atoms with Crippen LogP contribution in [-0.4, -0.2) is 36.2 Å². The van der Waals surface area contributed by atoms with Gasteiger partial charge in [0.1, 0.15) is 17.0 Å². The van der Waals surface area contributed by atoms with Crippen LogP contribution < -0.4 is 4.74 Å². The van der Waals surface area contributed by atoms with Crippen molar-refractivity contribution in [1.82, 2.24) is 20.0 Å². The maximum Gasteiger partial charge on any atom is 0.335 e. The quantitative estimate of drug-likeness (QED) is 0.402. The number of phenols is 1. The second kappa shape index (κ2) is 8.04. The standard InChI is InChI=1S/C24H15FN4O4/c25-18-12-16(7-11-21(18)30)29-13-20(27-28-29)19-10-6-14-2-1-3-22(23(14)26-19)33-17-8-4-15(5-9-17)24(31)32/h1-13,30H,(H,31,32). The smallest absolute Gasteiger partial charge is 0.335 e. The van der Waals surface area contributed by atoms with Crippen molar-refractivity contribution in [2.24, 2.45) is 0 Å². The summed E-state index contributed by atoms with van der Waals surface area (Å²) in [6, 6.07) is 19.2. The molecule has 162 valence electrons. The Balaban J connectivity index is 1.49. The maximum absolute atomic E-state index is 13.7. The highest BCUT2D eigenvalue weighted by Gasteiger charge is 2.12. The van der Waals surface area contributed by atoms with Crippen LogP contribution in [0.2, 0.25) is 0 Å². The normalized spacial score (nSPS) is 10.9. The lowest BCUT2D eigenvalue weighted by Crippen LogP contribution is -1.95. The zero-order chi connectivity index (χ0) is 22.9. The molecule has 0 amide bonds. The third-order valence-corrected chi connectivity index (χ3v) is 4.96. The molecule has 2 heterocycles. The Kier molecular flexibility index (Phi) is 4.91. The number of para-hydroxylation sites is 1. The highest BCUT2D eigenvalue weighted by molar-refractivity contribution is 5.88. The lowest BCUT2D eigenvalue weighted by Gasteiger charge is -2.09. The van der Waals surface area contributed by atoms with Crippen LogP contribution in [0.15, 0.2) is 79.0 Å². The van der Waals surface area contributed by atoms with Gasteiger partial charge in [0.25, 0.3) is 0 Å². The molecule has 0 aliphatic rings. The number of ether oxygens (including phenoxy) is 1. The molecule has 0 saturated carbocycles. The van der Waals surface area contributed by atoms with Gasteiger partial charge in [-0.1, -0.05) is 23.4 Å². The fraction of sp³-hybridized carbons (Fsp3) is 0. The Morgan fingerprint density at radius 1 is 0.970 bits per heavy atom. The molecular formula is C24H15FN4O4. The number of aromatic nitrogens is 4. The van der Waals surface area contributed by atoms with Crippen molar-refractivity contribution in [2.75, 3.05) is 0 Å². The number of aromatic carboxylic acids is 1. The summed E-state index contributed by atoms with van der Waals surface area (Å²) >= 11 is 0. The van der Waals surface area contributed by atoms with Crippen LogP contribution in [-0.2, 0) is 0 Å².